The largest absolute Gasteiger partial charge is 0.462 e. The zero-order valence-electron chi connectivity index (χ0n) is 39.2. The smallest absolute Gasteiger partial charge is 0.306 e. The van der Waals surface area contributed by atoms with Crippen LogP contribution in [0.15, 0.2) is 72.9 Å². The molecule has 0 heterocycles. The molecule has 0 saturated carbocycles. The van der Waals surface area contributed by atoms with E-state index in [9.17, 15) is 14.4 Å². The van der Waals surface area contributed by atoms with E-state index >= 15 is 0 Å². The van der Waals surface area contributed by atoms with Gasteiger partial charge in [0.25, 0.3) is 0 Å². The Kier molecular flexibility index (Phi) is 46.0. The Morgan fingerprint density at radius 3 is 1.10 bits per heavy atom. The minimum absolute atomic E-state index is 0.0898. The Morgan fingerprint density at radius 1 is 0.350 bits per heavy atom. The van der Waals surface area contributed by atoms with Crippen LogP contribution in [0.2, 0.25) is 0 Å². The monoisotopic (exact) mass is 837 g/mol. The lowest BCUT2D eigenvalue weighted by atomic mass is 10.1. The zero-order chi connectivity index (χ0) is 43.7. The lowest BCUT2D eigenvalue weighted by Crippen LogP contribution is -2.30. The summed E-state index contributed by atoms with van der Waals surface area (Å²) in [5, 5.41) is 0. The number of ether oxygens (including phenoxy) is 3. The lowest BCUT2D eigenvalue weighted by Gasteiger charge is -2.18. The fourth-order valence-electron chi connectivity index (χ4n) is 6.66. The lowest BCUT2D eigenvalue weighted by molar-refractivity contribution is -0.167. The molecule has 0 radical (unpaired) electrons. The number of carbonyl (C=O) groups excluding carboxylic acids is 3. The number of hydrogen-bond donors (Lipinski definition) is 0. The van der Waals surface area contributed by atoms with E-state index in [0.717, 1.165) is 128 Å². The van der Waals surface area contributed by atoms with Crippen molar-refractivity contribution in [3.05, 3.63) is 72.9 Å². The highest BCUT2D eigenvalue weighted by atomic mass is 16.6. The van der Waals surface area contributed by atoms with Gasteiger partial charge in [-0.05, 0) is 103 Å². The molecule has 0 aromatic carbocycles. The quantitative estimate of drug-likeness (QED) is 0.0263. The van der Waals surface area contributed by atoms with Gasteiger partial charge in [0, 0.05) is 19.3 Å². The van der Waals surface area contributed by atoms with E-state index in [1.54, 1.807) is 0 Å². The Balaban J connectivity index is 4.40. The molecular weight excluding hydrogens is 745 g/mol. The van der Waals surface area contributed by atoms with Crippen LogP contribution in [0.3, 0.4) is 0 Å². The third kappa shape index (κ3) is 45.9. The third-order valence-corrected chi connectivity index (χ3v) is 10.4. The van der Waals surface area contributed by atoms with Crippen molar-refractivity contribution in [1.82, 2.24) is 0 Å². The summed E-state index contributed by atoms with van der Waals surface area (Å²) in [7, 11) is 0. The normalized spacial score (nSPS) is 12.7. The molecule has 0 rings (SSSR count). The predicted octanol–water partition coefficient (Wildman–Crippen LogP) is 16.3. The highest BCUT2D eigenvalue weighted by Crippen LogP contribution is 2.14. The molecule has 0 aliphatic carbocycles. The maximum absolute atomic E-state index is 12.8. The second-order valence-electron chi connectivity index (χ2n) is 16.3. The van der Waals surface area contributed by atoms with Gasteiger partial charge in [0.2, 0.25) is 0 Å². The van der Waals surface area contributed by atoms with Gasteiger partial charge in [-0.3, -0.25) is 14.4 Å². The standard InChI is InChI=1S/C54H92O6/c1-4-7-10-13-16-19-22-24-26-27-29-30-32-35-38-41-44-47-53(56)59-50-51(49-58-52(55)46-43-40-37-34-21-18-15-12-9-6-3)60-54(57)48-45-42-39-36-33-31-28-25-23-20-17-14-11-8-5-2/h8,11-12,15-17,19-20,24-26,28,51H,4-7,9-10,13-14,18,21-23,27,29-50H2,1-3H3/b11-8-,15-12-,19-16-,20-17-,26-24-,28-25-. The Bertz CT molecular complexity index is 1140. The summed E-state index contributed by atoms with van der Waals surface area (Å²) < 4.78 is 16.7. The fourth-order valence-corrected chi connectivity index (χ4v) is 6.66. The number of allylic oxidation sites excluding steroid dienone is 12. The van der Waals surface area contributed by atoms with Crippen molar-refractivity contribution in [3.63, 3.8) is 0 Å². The van der Waals surface area contributed by atoms with Crippen LogP contribution in [0, 0.1) is 0 Å². The van der Waals surface area contributed by atoms with Gasteiger partial charge in [-0.1, -0.05) is 184 Å². The number of hydrogen-bond acceptors (Lipinski definition) is 6. The molecule has 0 fully saturated rings. The molecule has 0 amide bonds. The van der Waals surface area contributed by atoms with Crippen molar-refractivity contribution < 1.29 is 28.6 Å². The summed E-state index contributed by atoms with van der Waals surface area (Å²) in [6.07, 6.45) is 60.3. The van der Waals surface area contributed by atoms with E-state index in [-0.39, 0.29) is 31.1 Å². The van der Waals surface area contributed by atoms with Gasteiger partial charge in [-0.25, -0.2) is 0 Å². The second kappa shape index (κ2) is 48.5. The minimum Gasteiger partial charge on any atom is -0.462 e. The first-order valence-corrected chi connectivity index (χ1v) is 24.9. The first-order chi connectivity index (χ1) is 29.5. The molecule has 60 heavy (non-hydrogen) atoms. The summed E-state index contributed by atoms with van der Waals surface area (Å²) in [4.78, 5) is 37.9. The van der Waals surface area contributed by atoms with Crippen LogP contribution in [-0.4, -0.2) is 37.2 Å². The SMILES string of the molecule is CC/C=C\C/C=C\C/C=C\CCCCCCCC(=O)OC(COC(=O)CCCCCCC/C=C\CCC)COC(=O)CCCCCCCCC/C=C\C/C=C\CCCCC. The molecule has 0 aromatic heterocycles. The summed E-state index contributed by atoms with van der Waals surface area (Å²) in [5.41, 5.74) is 0. The van der Waals surface area contributed by atoms with E-state index in [4.69, 9.17) is 14.2 Å². The minimum atomic E-state index is -0.789. The van der Waals surface area contributed by atoms with Crippen LogP contribution in [0.4, 0.5) is 0 Å². The van der Waals surface area contributed by atoms with Crippen LogP contribution in [0.25, 0.3) is 0 Å². The van der Waals surface area contributed by atoms with Crippen LogP contribution < -0.4 is 0 Å². The third-order valence-electron chi connectivity index (χ3n) is 10.4. The highest BCUT2D eigenvalue weighted by molar-refractivity contribution is 5.71. The van der Waals surface area contributed by atoms with Crippen molar-refractivity contribution in [2.75, 3.05) is 13.2 Å². The Hall–Kier alpha value is -3.15. The van der Waals surface area contributed by atoms with E-state index in [0.29, 0.717) is 19.3 Å². The van der Waals surface area contributed by atoms with Crippen molar-refractivity contribution in [1.29, 1.82) is 0 Å². The van der Waals surface area contributed by atoms with Crippen molar-refractivity contribution in [2.24, 2.45) is 0 Å². The molecule has 6 heteroatoms. The van der Waals surface area contributed by atoms with E-state index in [2.05, 4.69) is 93.7 Å². The van der Waals surface area contributed by atoms with E-state index in [1.165, 1.54) is 64.2 Å². The van der Waals surface area contributed by atoms with Gasteiger partial charge in [0.05, 0.1) is 0 Å². The second-order valence-corrected chi connectivity index (χ2v) is 16.3. The molecule has 0 bridgehead atoms. The molecule has 344 valence electrons. The maximum atomic E-state index is 12.8. The topological polar surface area (TPSA) is 78.9 Å². The summed E-state index contributed by atoms with van der Waals surface area (Å²) in [6.45, 7) is 6.40. The number of esters is 3. The Morgan fingerprint density at radius 2 is 0.683 bits per heavy atom. The van der Waals surface area contributed by atoms with Crippen LogP contribution in [-0.2, 0) is 28.6 Å². The van der Waals surface area contributed by atoms with Crippen LogP contribution >= 0.6 is 0 Å². The van der Waals surface area contributed by atoms with Gasteiger partial charge in [0.1, 0.15) is 13.2 Å². The first-order valence-electron chi connectivity index (χ1n) is 24.9. The zero-order valence-corrected chi connectivity index (χ0v) is 39.2. The van der Waals surface area contributed by atoms with Crippen LogP contribution in [0.5, 0.6) is 0 Å². The molecule has 1 atom stereocenters. The Labute approximate surface area is 370 Å². The number of carbonyl (C=O) groups is 3. The van der Waals surface area contributed by atoms with Crippen LogP contribution in [0.1, 0.15) is 233 Å². The maximum Gasteiger partial charge on any atom is 0.306 e. The molecule has 0 aromatic rings. The predicted molar refractivity (Wildman–Crippen MR) is 256 cm³/mol. The van der Waals surface area contributed by atoms with Gasteiger partial charge in [0.15, 0.2) is 6.10 Å². The fraction of sp³-hybridized carbons (Fsp3) is 0.722. The van der Waals surface area contributed by atoms with E-state index < -0.39 is 6.10 Å². The summed E-state index contributed by atoms with van der Waals surface area (Å²) in [5.74, 6) is -0.926. The van der Waals surface area contributed by atoms with Gasteiger partial charge >= 0.3 is 17.9 Å². The molecule has 1 unspecified atom stereocenters. The first kappa shape index (κ1) is 56.9. The summed E-state index contributed by atoms with van der Waals surface area (Å²) >= 11 is 0. The molecule has 0 spiro atoms. The highest BCUT2D eigenvalue weighted by Gasteiger charge is 2.19. The number of rotatable bonds is 44. The summed E-state index contributed by atoms with van der Waals surface area (Å²) in [6, 6.07) is 0. The molecular formula is C54H92O6. The van der Waals surface area contributed by atoms with Crippen molar-refractivity contribution >= 4 is 17.9 Å². The van der Waals surface area contributed by atoms with Gasteiger partial charge in [-0.2, -0.15) is 0 Å². The van der Waals surface area contributed by atoms with E-state index in [1.807, 2.05) is 0 Å². The molecule has 0 aliphatic rings. The van der Waals surface area contributed by atoms with Crippen molar-refractivity contribution in [2.45, 2.75) is 239 Å². The number of unbranched alkanes of at least 4 members (excludes halogenated alkanes) is 21. The average Bonchev–Trinajstić information content (AvgIpc) is 3.24. The van der Waals surface area contributed by atoms with Gasteiger partial charge < -0.3 is 14.2 Å². The van der Waals surface area contributed by atoms with Gasteiger partial charge in [-0.15, -0.1) is 0 Å². The molecule has 0 N–H and O–H groups in total. The molecule has 6 nitrogen and oxygen atoms in total. The van der Waals surface area contributed by atoms with Crippen molar-refractivity contribution in [3.8, 4) is 0 Å². The molecule has 0 aliphatic heterocycles. The average molecular weight is 837 g/mol. The molecule has 0 saturated heterocycles.